The molecule has 0 N–H and O–H groups in total. The van der Waals surface area contributed by atoms with Crippen molar-refractivity contribution in [1.82, 2.24) is 0 Å². The first-order chi connectivity index (χ1) is 27.8. The molecule has 2 nitrogen and oxygen atoms in total. The summed E-state index contributed by atoms with van der Waals surface area (Å²) in [5.41, 5.74) is 16.4. The summed E-state index contributed by atoms with van der Waals surface area (Å²) < 4.78 is 6.83. The van der Waals surface area contributed by atoms with Crippen LogP contribution < -0.4 is 4.90 Å². The van der Waals surface area contributed by atoms with Crippen LogP contribution in [-0.2, 0) is 0 Å². The Kier molecular flexibility index (Phi) is 8.55. The van der Waals surface area contributed by atoms with Crippen molar-refractivity contribution in [1.29, 1.82) is 0 Å². The molecule has 0 atom stereocenters. The van der Waals surface area contributed by atoms with Crippen LogP contribution in [0.5, 0.6) is 0 Å². The van der Waals surface area contributed by atoms with Crippen LogP contribution >= 0.6 is 0 Å². The average Bonchev–Trinajstić information content (AvgIpc) is 3.67. The predicted molar refractivity (Wildman–Crippen MR) is 236 cm³/mol. The monoisotopic (exact) mass is 715 g/mol. The van der Waals surface area contributed by atoms with Crippen molar-refractivity contribution in [3.63, 3.8) is 0 Å². The Morgan fingerprint density at radius 1 is 0.268 bits per heavy atom. The number of fused-ring (bicyclic) bond motifs is 3. The summed E-state index contributed by atoms with van der Waals surface area (Å²) >= 11 is 0. The van der Waals surface area contributed by atoms with Gasteiger partial charge in [0.25, 0.3) is 0 Å². The first-order valence-electron chi connectivity index (χ1n) is 19.1. The van der Waals surface area contributed by atoms with E-state index in [4.69, 9.17) is 4.42 Å². The molecule has 264 valence electrons. The third-order valence-corrected chi connectivity index (χ3v) is 10.7. The van der Waals surface area contributed by atoms with E-state index >= 15 is 0 Å². The zero-order valence-electron chi connectivity index (χ0n) is 30.7. The highest BCUT2D eigenvalue weighted by atomic mass is 16.3. The predicted octanol–water partition coefficient (Wildman–Crippen LogP) is 15.4. The van der Waals surface area contributed by atoms with E-state index in [-0.39, 0.29) is 0 Å². The van der Waals surface area contributed by atoms with Crippen LogP contribution in [0.3, 0.4) is 0 Å². The van der Waals surface area contributed by atoms with E-state index in [0.29, 0.717) is 0 Å². The van der Waals surface area contributed by atoms with Gasteiger partial charge in [0.15, 0.2) is 5.58 Å². The van der Waals surface area contributed by atoms with Gasteiger partial charge in [0.2, 0.25) is 0 Å². The maximum Gasteiger partial charge on any atom is 0.159 e. The summed E-state index contributed by atoms with van der Waals surface area (Å²) in [6, 6.07) is 80.0. The van der Waals surface area contributed by atoms with Gasteiger partial charge >= 0.3 is 0 Å². The van der Waals surface area contributed by atoms with E-state index < -0.39 is 0 Å². The van der Waals surface area contributed by atoms with E-state index in [2.05, 4.69) is 223 Å². The second kappa shape index (κ2) is 14.4. The van der Waals surface area contributed by atoms with Crippen molar-refractivity contribution < 1.29 is 4.42 Å². The Morgan fingerprint density at radius 3 is 1.45 bits per heavy atom. The van der Waals surface area contributed by atoms with Gasteiger partial charge in [-0.3, -0.25) is 0 Å². The standard InChI is InChI=1S/C54H37NO/c1-4-18-38(19-5-1)39-34-36-42(37-35-39)44-25-12-14-30-49(44)55(51-32-17-29-48-46-26-13-15-33-52(46)56-54(48)51)50-31-16-28-45(41-22-8-3-9-23-41)53(50)47-27-11-10-24-43(47)40-20-6-2-7-21-40/h1-37H. The average molecular weight is 716 g/mol. The molecule has 0 unspecified atom stereocenters. The van der Waals surface area contributed by atoms with Gasteiger partial charge in [-0.15, -0.1) is 0 Å². The minimum absolute atomic E-state index is 0.843. The van der Waals surface area contributed by atoms with E-state index in [0.717, 1.165) is 72.4 Å². The summed E-state index contributed by atoms with van der Waals surface area (Å²) in [5, 5.41) is 2.18. The van der Waals surface area contributed by atoms with Crippen LogP contribution in [0.2, 0.25) is 0 Å². The zero-order valence-corrected chi connectivity index (χ0v) is 30.7. The molecule has 0 radical (unpaired) electrons. The van der Waals surface area contributed by atoms with Crippen molar-refractivity contribution in [3.8, 4) is 55.6 Å². The van der Waals surface area contributed by atoms with E-state index in [9.17, 15) is 0 Å². The topological polar surface area (TPSA) is 16.4 Å². The minimum Gasteiger partial charge on any atom is -0.454 e. The van der Waals surface area contributed by atoms with E-state index in [1.165, 1.54) is 22.3 Å². The Bertz CT molecular complexity index is 2950. The van der Waals surface area contributed by atoms with Crippen LogP contribution in [0, 0.1) is 0 Å². The maximum atomic E-state index is 6.83. The fourth-order valence-electron chi connectivity index (χ4n) is 8.12. The highest BCUT2D eigenvalue weighted by Gasteiger charge is 2.27. The van der Waals surface area contributed by atoms with Crippen LogP contribution in [0.15, 0.2) is 229 Å². The van der Waals surface area contributed by atoms with E-state index in [1.54, 1.807) is 0 Å². The molecule has 0 amide bonds. The molecule has 2 heteroatoms. The number of benzene rings is 9. The van der Waals surface area contributed by atoms with Crippen LogP contribution in [0.25, 0.3) is 77.6 Å². The Labute approximate surface area is 327 Å². The lowest BCUT2D eigenvalue weighted by atomic mass is 9.87. The Morgan fingerprint density at radius 2 is 0.714 bits per heavy atom. The normalized spacial score (nSPS) is 11.2. The molecule has 1 aromatic heterocycles. The van der Waals surface area contributed by atoms with Gasteiger partial charge in [-0.25, -0.2) is 0 Å². The molecule has 1 heterocycles. The molecular formula is C54H37NO. The number of anilines is 3. The second-order valence-electron chi connectivity index (χ2n) is 14.0. The van der Waals surface area contributed by atoms with Crippen molar-refractivity contribution in [2.75, 3.05) is 4.90 Å². The fraction of sp³-hybridized carbons (Fsp3) is 0. The lowest BCUT2D eigenvalue weighted by molar-refractivity contribution is 0.669. The number of furan rings is 1. The zero-order chi connectivity index (χ0) is 37.3. The quantitative estimate of drug-likeness (QED) is 0.156. The molecule has 0 saturated carbocycles. The molecule has 0 aliphatic rings. The first kappa shape index (κ1) is 33.2. The van der Waals surface area contributed by atoms with Crippen molar-refractivity contribution in [2.45, 2.75) is 0 Å². The van der Waals surface area contributed by atoms with Gasteiger partial charge in [-0.2, -0.15) is 0 Å². The molecule has 0 fully saturated rings. The van der Waals surface area contributed by atoms with Gasteiger partial charge in [-0.05, 0) is 68.8 Å². The Hall–Kier alpha value is -7.42. The number of para-hydroxylation sites is 3. The molecule has 0 aliphatic heterocycles. The molecule has 10 rings (SSSR count). The summed E-state index contributed by atoms with van der Waals surface area (Å²) in [7, 11) is 0. The van der Waals surface area contributed by atoms with Crippen molar-refractivity contribution >= 4 is 39.0 Å². The SMILES string of the molecule is c1ccc(-c2ccc(-c3ccccc3N(c3cccc(-c4ccccc4)c3-c3ccccc3-c3ccccc3)c3cccc4c3oc3ccccc34)cc2)cc1. The van der Waals surface area contributed by atoms with Crippen LogP contribution in [0.1, 0.15) is 0 Å². The lowest BCUT2D eigenvalue weighted by Gasteiger charge is -2.31. The van der Waals surface area contributed by atoms with E-state index in [1.807, 2.05) is 6.07 Å². The molecule has 9 aromatic carbocycles. The first-order valence-corrected chi connectivity index (χ1v) is 19.1. The van der Waals surface area contributed by atoms with Gasteiger partial charge in [0, 0.05) is 21.9 Å². The molecule has 56 heavy (non-hydrogen) atoms. The minimum atomic E-state index is 0.843. The molecule has 0 spiro atoms. The molecule has 0 bridgehead atoms. The van der Waals surface area contributed by atoms with Crippen LogP contribution in [0.4, 0.5) is 17.1 Å². The highest BCUT2D eigenvalue weighted by molar-refractivity contribution is 6.12. The van der Waals surface area contributed by atoms with Crippen molar-refractivity contribution in [3.05, 3.63) is 224 Å². The van der Waals surface area contributed by atoms with Gasteiger partial charge in [0.05, 0.1) is 17.1 Å². The number of hydrogen-bond acceptors (Lipinski definition) is 2. The van der Waals surface area contributed by atoms with Crippen LogP contribution in [-0.4, -0.2) is 0 Å². The molecule has 10 aromatic rings. The summed E-state index contributed by atoms with van der Waals surface area (Å²) in [5.74, 6) is 0. The Balaban J connectivity index is 1.28. The highest BCUT2D eigenvalue weighted by Crippen LogP contribution is 2.51. The summed E-state index contributed by atoms with van der Waals surface area (Å²) in [4.78, 5) is 2.43. The summed E-state index contributed by atoms with van der Waals surface area (Å²) in [6.45, 7) is 0. The third-order valence-electron chi connectivity index (χ3n) is 10.7. The fourth-order valence-corrected chi connectivity index (χ4v) is 8.12. The largest absolute Gasteiger partial charge is 0.454 e. The van der Waals surface area contributed by atoms with Gasteiger partial charge in [0.1, 0.15) is 5.58 Å². The number of rotatable bonds is 8. The number of hydrogen-bond donors (Lipinski definition) is 0. The molecular weight excluding hydrogens is 679 g/mol. The third kappa shape index (κ3) is 5.95. The van der Waals surface area contributed by atoms with Gasteiger partial charge in [-0.1, -0.05) is 200 Å². The smallest absolute Gasteiger partial charge is 0.159 e. The molecule has 0 aliphatic carbocycles. The van der Waals surface area contributed by atoms with Crippen molar-refractivity contribution in [2.24, 2.45) is 0 Å². The molecule has 0 saturated heterocycles. The number of nitrogens with zero attached hydrogens (tertiary/aromatic N) is 1. The lowest BCUT2D eigenvalue weighted by Crippen LogP contribution is -2.13. The maximum absolute atomic E-state index is 6.83. The summed E-state index contributed by atoms with van der Waals surface area (Å²) in [6.07, 6.45) is 0. The van der Waals surface area contributed by atoms with Gasteiger partial charge < -0.3 is 9.32 Å². The second-order valence-corrected chi connectivity index (χ2v) is 14.0.